The van der Waals surface area contributed by atoms with Crippen LogP contribution < -0.4 is 16.2 Å². The Bertz CT molecular complexity index is 1180. The Morgan fingerprint density at radius 1 is 1.16 bits per heavy atom. The third kappa shape index (κ3) is 4.54. The lowest BCUT2D eigenvalue weighted by Gasteiger charge is -2.22. The first-order valence-corrected chi connectivity index (χ1v) is 10.5. The van der Waals surface area contributed by atoms with Gasteiger partial charge in [-0.15, -0.1) is 0 Å². The fourth-order valence-electron chi connectivity index (χ4n) is 4.00. The monoisotopic (exact) mass is 422 g/mol. The lowest BCUT2D eigenvalue weighted by atomic mass is 10.2. The molecule has 3 heterocycles. The van der Waals surface area contributed by atoms with Gasteiger partial charge in [0.1, 0.15) is 5.58 Å². The van der Waals surface area contributed by atoms with Gasteiger partial charge in [0.05, 0.1) is 5.56 Å². The van der Waals surface area contributed by atoms with Gasteiger partial charge in [-0.25, -0.2) is 0 Å². The number of benzene rings is 1. The molecule has 0 unspecified atom stereocenters. The average molecular weight is 422 g/mol. The Morgan fingerprint density at radius 3 is 2.77 bits per heavy atom. The number of furan rings is 1. The summed E-state index contributed by atoms with van der Waals surface area (Å²) >= 11 is 0. The molecule has 4 rings (SSSR count). The van der Waals surface area contributed by atoms with Crippen molar-refractivity contribution >= 4 is 28.5 Å². The number of rotatable bonds is 6. The smallest absolute Gasteiger partial charge is 0.287 e. The van der Waals surface area contributed by atoms with E-state index in [1.807, 2.05) is 0 Å². The van der Waals surface area contributed by atoms with E-state index in [0.717, 1.165) is 31.3 Å². The average Bonchev–Trinajstić information content (AvgIpc) is 3.40. The van der Waals surface area contributed by atoms with Crippen LogP contribution in [0.1, 0.15) is 40.7 Å². The zero-order chi connectivity index (χ0) is 22.0. The number of nitrogens with zero attached hydrogens (tertiary/aromatic N) is 2. The minimum absolute atomic E-state index is 0.183. The molecule has 3 aromatic rings. The Kier molecular flexibility index (Phi) is 5.90. The van der Waals surface area contributed by atoms with Crippen LogP contribution in [0.5, 0.6) is 0 Å². The van der Waals surface area contributed by atoms with Gasteiger partial charge in [-0.1, -0.05) is 6.92 Å². The number of pyridine rings is 1. The van der Waals surface area contributed by atoms with Gasteiger partial charge in [-0.05, 0) is 56.3 Å². The lowest BCUT2D eigenvalue weighted by Crippen LogP contribution is -2.39. The number of fused-ring (bicyclic) bond motifs is 1. The number of carbonyl (C=O) groups is 2. The fraction of sp³-hybridized carbons (Fsp3) is 0.348. The van der Waals surface area contributed by atoms with E-state index in [2.05, 4.69) is 22.5 Å². The molecule has 0 bridgehead atoms. The zero-order valence-corrected chi connectivity index (χ0v) is 17.7. The van der Waals surface area contributed by atoms with Crippen molar-refractivity contribution in [2.24, 2.45) is 7.05 Å². The molecule has 1 fully saturated rings. The molecule has 2 amide bonds. The molecule has 1 saturated heterocycles. The topological polar surface area (TPSA) is 96.6 Å². The van der Waals surface area contributed by atoms with Crippen molar-refractivity contribution in [1.29, 1.82) is 0 Å². The SMILES string of the molecule is CCN1CCC[C@H]1CNC(=O)c1cc2cc(NC(=O)c3ccc(=O)n(C)c3)ccc2o1. The van der Waals surface area contributed by atoms with Crippen molar-refractivity contribution in [3.05, 3.63) is 64.3 Å². The maximum atomic E-state index is 12.6. The van der Waals surface area contributed by atoms with Crippen LogP contribution in [-0.2, 0) is 7.05 Å². The van der Waals surface area contributed by atoms with Gasteiger partial charge in [-0.3, -0.25) is 19.3 Å². The number of nitrogens with one attached hydrogen (secondary N) is 2. The van der Waals surface area contributed by atoms with E-state index in [1.54, 1.807) is 31.3 Å². The maximum absolute atomic E-state index is 12.6. The molecule has 0 radical (unpaired) electrons. The fourth-order valence-corrected chi connectivity index (χ4v) is 4.00. The first-order chi connectivity index (χ1) is 14.9. The first kappa shape index (κ1) is 20.9. The molecular weight excluding hydrogens is 396 g/mol. The molecule has 8 heteroatoms. The second-order valence-electron chi connectivity index (χ2n) is 7.82. The number of aromatic nitrogens is 1. The third-order valence-electron chi connectivity index (χ3n) is 5.75. The molecule has 0 aliphatic carbocycles. The Balaban J connectivity index is 1.44. The van der Waals surface area contributed by atoms with Crippen LogP contribution in [0, 0.1) is 0 Å². The van der Waals surface area contributed by atoms with Crippen LogP contribution in [0.15, 0.2) is 51.8 Å². The van der Waals surface area contributed by atoms with Crippen LogP contribution in [-0.4, -0.2) is 47.0 Å². The Morgan fingerprint density at radius 2 is 2.00 bits per heavy atom. The zero-order valence-electron chi connectivity index (χ0n) is 17.7. The van der Waals surface area contributed by atoms with E-state index in [-0.39, 0.29) is 23.1 Å². The summed E-state index contributed by atoms with van der Waals surface area (Å²) in [5.74, 6) is -0.319. The Labute approximate surface area is 179 Å². The molecule has 0 spiro atoms. The number of hydrogen-bond donors (Lipinski definition) is 2. The lowest BCUT2D eigenvalue weighted by molar-refractivity contribution is 0.0915. The van der Waals surface area contributed by atoms with Crippen molar-refractivity contribution in [3.8, 4) is 0 Å². The molecule has 1 aliphatic rings. The second-order valence-corrected chi connectivity index (χ2v) is 7.82. The second kappa shape index (κ2) is 8.77. The number of aryl methyl sites for hydroxylation is 1. The summed E-state index contributed by atoms with van der Waals surface area (Å²) < 4.78 is 7.05. The number of likely N-dealkylation sites (tertiary alicyclic amines) is 1. The number of hydrogen-bond acceptors (Lipinski definition) is 5. The number of carbonyl (C=O) groups excluding carboxylic acids is 2. The number of likely N-dealkylation sites (N-methyl/N-ethyl adjacent to an activating group) is 1. The third-order valence-corrected chi connectivity index (χ3v) is 5.75. The van der Waals surface area contributed by atoms with E-state index in [4.69, 9.17) is 4.42 Å². The first-order valence-electron chi connectivity index (χ1n) is 10.5. The van der Waals surface area contributed by atoms with E-state index in [1.165, 1.54) is 22.9 Å². The summed E-state index contributed by atoms with van der Waals surface area (Å²) in [6, 6.07) is 10.1. The van der Waals surface area contributed by atoms with Crippen LogP contribution in [0.25, 0.3) is 11.0 Å². The van der Waals surface area contributed by atoms with E-state index in [0.29, 0.717) is 29.4 Å². The van der Waals surface area contributed by atoms with Crippen molar-refractivity contribution in [2.45, 2.75) is 25.8 Å². The van der Waals surface area contributed by atoms with Crippen LogP contribution in [0.4, 0.5) is 5.69 Å². The summed E-state index contributed by atoms with van der Waals surface area (Å²) in [6.07, 6.45) is 3.74. The van der Waals surface area contributed by atoms with Crippen LogP contribution >= 0.6 is 0 Å². The predicted molar refractivity (Wildman–Crippen MR) is 118 cm³/mol. The maximum Gasteiger partial charge on any atom is 0.287 e. The predicted octanol–water partition coefficient (Wildman–Crippen LogP) is 2.60. The molecule has 1 aromatic carbocycles. The molecule has 31 heavy (non-hydrogen) atoms. The van der Waals surface area contributed by atoms with Crippen LogP contribution in [0.2, 0.25) is 0 Å². The number of amides is 2. The van der Waals surface area contributed by atoms with Crippen molar-refractivity contribution < 1.29 is 14.0 Å². The van der Waals surface area contributed by atoms with Gasteiger partial charge in [-0.2, -0.15) is 0 Å². The molecule has 1 aliphatic heterocycles. The van der Waals surface area contributed by atoms with Crippen molar-refractivity contribution in [2.75, 3.05) is 25.0 Å². The number of anilines is 1. The Hall–Kier alpha value is -3.39. The quantitative estimate of drug-likeness (QED) is 0.637. The van der Waals surface area contributed by atoms with E-state index in [9.17, 15) is 14.4 Å². The minimum atomic E-state index is -0.326. The molecule has 2 aromatic heterocycles. The highest BCUT2D eigenvalue weighted by Gasteiger charge is 2.24. The van der Waals surface area contributed by atoms with Gasteiger partial charge in [0, 0.05) is 43.0 Å². The molecule has 0 saturated carbocycles. The summed E-state index contributed by atoms with van der Waals surface area (Å²) in [6.45, 7) is 4.80. The van der Waals surface area contributed by atoms with Crippen molar-refractivity contribution in [3.63, 3.8) is 0 Å². The highest BCUT2D eigenvalue weighted by molar-refractivity contribution is 6.05. The largest absolute Gasteiger partial charge is 0.451 e. The van der Waals surface area contributed by atoms with Gasteiger partial charge < -0.3 is 19.6 Å². The molecule has 1 atom stereocenters. The van der Waals surface area contributed by atoms with E-state index < -0.39 is 0 Å². The molecule has 2 N–H and O–H groups in total. The molecule has 8 nitrogen and oxygen atoms in total. The van der Waals surface area contributed by atoms with Crippen LogP contribution in [0.3, 0.4) is 0 Å². The highest BCUT2D eigenvalue weighted by atomic mass is 16.3. The minimum Gasteiger partial charge on any atom is -0.451 e. The summed E-state index contributed by atoms with van der Waals surface area (Å²) in [7, 11) is 1.59. The van der Waals surface area contributed by atoms with Gasteiger partial charge >= 0.3 is 0 Å². The molecule has 162 valence electrons. The van der Waals surface area contributed by atoms with Gasteiger partial charge in [0.2, 0.25) is 5.56 Å². The van der Waals surface area contributed by atoms with Crippen molar-refractivity contribution in [1.82, 2.24) is 14.8 Å². The summed E-state index contributed by atoms with van der Waals surface area (Å²) in [5.41, 5.74) is 1.34. The van der Waals surface area contributed by atoms with Gasteiger partial charge in [0.25, 0.3) is 11.8 Å². The summed E-state index contributed by atoms with van der Waals surface area (Å²) in [4.78, 5) is 38.9. The normalized spacial score (nSPS) is 16.5. The van der Waals surface area contributed by atoms with Gasteiger partial charge in [0.15, 0.2) is 5.76 Å². The van der Waals surface area contributed by atoms with E-state index >= 15 is 0 Å². The highest BCUT2D eigenvalue weighted by Crippen LogP contribution is 2.24. The summed E-state index contributed by atoms with van der Waals surface area (Å²) in [5, 5.41) is 6.50. The molecular formula is C23H26N4O4. The standard InChI is InChI=1S/C23H26N4O4/c1-3-27-10-4-5-18(27)13-24-23(30)20-12-16-11-17(7-8-19(16)31-20)25-22(29)15-6-9-21(28)26(2)14-15/h6-9,11-12,14,18H,3-5,10,13H2,1-2H3,(H,24,30)(H,25,29)/t18-/m0/s1.